The quantitative estimate of drug-likeness (QED) is 0.584. The van der Waals surface area contributed by atoms with Crippen molar-refractivity contribution >= 4 is 5.97 Å². The molecule has 1 aromatic heterocycles. The monoisotopic (exact) mass is 239 g/mol. The predicted molar refractivity (Wildman–Crippen MR) is 42.2 cm³/mol. The second kappa shape index (κ2) is 4.33. The van der Waals surface area contributed by atoms with Gasteiger partial charge in [0.05, 0.1) is 13.3 Å². The number of nitrogens with zero attached hydrogens (tertiary/aromatic N) is 1. The molecule has 0 aliphatic rings. The molecule has 0 saturated carbocycles. The lowest BCUT2D eigenvalue weighted by atomic mass is 10.3. The molecule has 0 bridgehead atoms. The molecule has 0 radical (unpaired) electrons. The normalized spacial score (nSPS) is 11.1. The Balaban J connectivity index is 2.96. The number of halogens is 4. The second-order valence-corrected chi connectivity index (χ2v) is 2.54. The van der Waals surface area contributed by atoms with E-state index in [1.807, 2.05) is 0 Å². The Morgan fingerprint density at radius 3 is 2.50 bits per heavy atom. The van der Waals surface area contributed by atoms with Crippen LogP contribution in [0.15, 0.2) is 12.3 Å². The Kier molecular flexibility index (Phi) is 3.31. The van der Waals surface area contributed by atoms with Crippen molar-refractivity contribution in [1.82, 2.24) is 4.98 Å². The molecule has 0 spiro atoms. The van der Waals surface area contributed by atoms with Gasteiger partial charge in [-0.1, -0.05) is 0 Å². The Bertz CT molecular complexity index is 405. The summed E-state index contributed by atoms with van der Waals surface area (Å²) in [7, 11) is 0.990. The number of alkyl halides is 3. The Labute approximate surface area is 86.8 Å². The van der Waals surface area contributed by atoms with Crippen LogP contribution in [0, 0.1) is 5.82 Å². The van der Waals surface area contributed by atoms with E-state index in [4.69, 9.17) is 0 Å². The van der Waals surface area contributed by atoms with Gasteiger partial charge in [-0.2, -0.15) is 0 Å². The summed E-state index contributed by atoms with van der Waals surface area (Å²) in [5, 5.41) is 0. The van der Waals surface area contributed by atoms with Gasteiger partial charge < -0.3 is 9.47 Å². The van der Waals surface area contributed by atoms with E-state index in [2.05, 4.69) is 14.5 Å². The summed E-state index contributed by atoms with van der Waals surface area (Å²) >= 11 is 0. The highest BCUT2D eigenvalue weighted by Gasteiger charge is 2.31. The van der Waals surface area contributed by atoms with Crippen molar-refractivity contribution in [1.29, 1.82) is 0 Å². The van der Waals surface area contributed by atoms with Gasteiger partial charge in [0.15, 0.2) is 17.3 Å². The van der Waals surface area contributed by atoms with Crippen LogP contribution in [0.1, 0.15) is 10.5 Å². The zero-order valence-electron chi connectivity index (χ0n) is 7.84. The molecular formula is C8H5F4NO3. The number of hydrogen-bond acceptors (Lipinski definition) is 4. The lowest BCUT2D eigenvalue weighted by molar-refractivity contribution is -0.274. The smallest absolute Gasteiger partial charge is 0.464 e. The summed E-state index contributed by atoms with van der Waals surface area (Å²) in [5.41, 5.74) is -0.711. The predicted octanol–water partition coefficient (Wildman–Crippen LogP) is 1.91. The summed E-state index contributed by atoms with van der Waals surface area (Å²) in [5.74, 6) is -3.19. The third-order valence-electron chi connectivity index (χ3n) is 1.43. The van der Waals surface area contributed by atoms with Gasteiger partial charge >= 0.3 is 12.3 Å². The van der Waals surface area contributed by atoms with E-state index in [0.29, 0.717) is 12.3 Å². The van der Waals surface area contributed by atoms with Gasteiger partial charge in [0.1, 0.15) is 0 Å². The number of hydrogen-bond donors (Lipinski definition) is 0. The fourth-order valence-electron chi connectivity index (χ4n) is 0.857. The molecule has 0 atom stereocenters. The molecule has 0 amide bonds. The van der Waals surface area contributed by atoms with Crippen LogP contribution in [-0.2, 0) is 4.74 Å². The average Bonchev–Trinajstić information content (AvgIpc) is 2.14. The minimum Gasteiger partial charge on any atom is -0.464 e. The van der Waals surface area contributed by atoms with Crippen LogP contribution in [0.5, 0.6) is 5.75 Å². The van der Waals surface area contributed by atoms with Crippen LogP contribution in [-0.4, -0.2) is 24.4 Å². The van der Waals surface area contributed by atoms with Gasteiger partial charge in [0.2, 0.25) is 0 Å². The molecule has 0 aliphatic heterocycles. The third kappa shape index (κ3) is 3.07. The van der Waals surface area contributed by atoms with E-state index < -0.39 is 29.6 Å². The molecular weight excluding hydrogens is 234 g/mol. The first kappa shape index (κ1) is 12.2. The molecule has 0 aliphatic carbocycles. The Hall–Kier alpha value is -1.86. The SMILES string of the molecule is COC(=O)c1ncc(OC(F)(F)F)cc1F. The number of esters is 1. The average molecular weight is 239 g/mol. The lowest BCUT2D eigenvalue weighted by Crippen LogP contribution is -2.18. The number of ether oxygens (including phenoxy) is 2. The second-order valence-electron chi connectivity index (χ2n) is 2.54. The minimum atomic E-state index is -4.94. The topological polar surface area (TPSA) is 48.4 Å². The summed E-state index contributed by atoms with van der Waals surface area (Å²) in [4.78, 5) is 14.0. The van der Waals surface area contributed by atoms with Crippen LogP contribution in [0.2, 0.25) is 0 Å². The van der Waals surface area contributed by atoms with Gasteiger partial charge in [0.25, 0.3) is 0 Å². The van der Waals surface area contributed by atoms with Crippen molar-refractivity contribution in [3.8, 4) is 5.75 Å². The van der Waals surface area contributed by atoms with Crippen molar-refractivity contribution in [2.45, 2.75) is 6.36 Å². The molecule has 1 rings (SSSR count). The highest BCUT2D eigenvalue weighted by molar-refractivity contribution is 5.87. The maximum atomic E-state index is 13.1. The third-order valence-corrected chi connectivity index (χ3v) is 1.43. The molecule has 1 aromatic rings. The van der Waals surface area contributed by atoms with Crippen molar-refractivity contribution in [2.75, 3.05) is 7.11 Å². The summed E-state index contributed by atoms with van der Waals surface area (Å²) in [6.07, 6.45) is -4.37. The maximum Gasteiger partial charge on any atom is 0.573 e. The van der Waals surface area contributed by atoms with Crippen LogP contribution >= 0.6 is 0 Å². The first-order valence-corrected chi connectivity index (χ1v) is 3.83. The van der Waals surface area contributed by atoms with Crippen LogP contribution in [0.3, 0.4) is 0 Å². The number of carbonyl (C=O) groups excluding carboxylic acids is 1. The zero-order chi connectivity index (χ0) is 12.3. The molecule has 0 fully saturated rings. The van der Waals surface area contributed by atoms with E-state index in [1.54, 1.807) is 0 Å². The highest BCUT2D eigenvalue weighted by atomic mass is 19.4. The van der Waals surface area contributed by atoms with Crippen LogP contribution in [0.25, 0.3) is 0 Å². The van der Waals surface area contributed by atoms with Crippen molar-refractivity contribution in [3.63, 3.8) is 0 Å². The molecule has 88 valence electrons. The van der Waals surface area contributed by atoms with Crippen LogP contribution < -0.4 is 4.74 Å². The molecule has 0 aromatic carbocycles. The van der Waals surface area contributed by atoms with E-state index in [9.17, 15) is 22.4 Å². The van der Waals surface area contributed by atoms with Gasteiger partial charge in [-0.05, 0) is 0 Å². The Morgan fingerprint density at radius 2 is 2.06 bits per heavy atom. The summed E-state index contributed by atoms with van der Waals surface area (Å²) in [6.45, 7) is 0. The van der Waals surface area contributed by atoms with E-state index in [-0.39, 0.29) is 0 Å². The van der Waals surface area contributed by atoms with Crippen molar-refractivity contribution in [2.24, 2.45) is 0 Å². The van der Waals surface area contributed by atoms with E-state index in [1.165, 1.54) is 0 Å². The number of methoxy groups -OCH3 is 1. The first-order valence-electron chi connectivity index (χ1n) is 3.83. The molecule has 8 heteroatoms. The summed E-state index contributed by atoms with van der Waals surface area (Å²) in [6, 6.07) is 0.396. The van der Waals surface area contributed by atoms with Gasteiger partial charge in [-0.15, -0.1) is 13.2 Å². The molecule has 0 unspecified atom stereocenters. The largest absolute Gasteiger partial charge is 0.573 e. The van der Waals surface area contributed by atoms with Crippen molar-refractivity contribution in [3.05, 3.63) is 23.8 Å². The standard InChI is InChI=1S/C8H5F4NO3/c1-15-7(14)6-5(9)2-4(3-13-6)16-8(10,11)12/h2-3H,1H3. The zero-order valence-corrected chi connectivity index (χ0v) is 7.84. The highest BCUT2D eigenvalue weighted by Crippen LogP contribution is 2.23. The van der Waals surface area contributed by atoms with Gasteiger partial charge in [-0.25, -0.2) is 14.2 Å². The number of pyridine rings is 1. The summed E-state index contributed by atoms with van der Waals surface area (Å²) < 4.78 is 55.8. The fourth-order valence-corrected chi connectivity index (χ4v) is 0.857. The fraction of sp³-hybridized carbons (Fsp3) is 0.250. The molecule has 16 heavy (non-hydrogen) atoms. The van der Waals surface area contributed by atoms with E-state index >= 15 is 0 Å². The minimum absolute atomic E-state index is 0.396. The lowest BCUT2D eigenvalue weighted by Gasteiger charge is -2.08. The van der Waals surface area contributed by atoms with E-state index in [0.717, 1.165) is 7.11 Å². The van der Waals surface area contributed by atoms with Gasteiger partial charge in [-0.3, -0.25) is 0 Å². The number of rotatable bonds is 2. The number of aromatic nitrogens is 1. The molecule has 0 saturated heterocycles. The van der Waals surface area contributed by atoms with Gasteiger partial charge in [0, 0.05) is 6.07 Å². The number of carbonyl (C=O) groups is 1. The first-order chi connectivity index (χ1) is 7.33. The molecule has 4 nitrogen and oxygen atoms in total. The molecule has 1 heterocycles. The molecule has 0 N–H and O–H groups in total. The van der Waals surface area contributed by atoms with Crippen molar-refractivity contribution < 1.29 is 31.8 Å². The van der Waals surface area contributed by atoms with Crippen LogP contribution in [0.4, 0.5) is 17.6 Å². The maximum absolute atomic E-state index is 13.1. The Morgan fingerprint density at radius 1 is 1.44 bits per heavy atom.